The normalized spacial score (nSPS) is 16.8. The van der Waals surface area contributed by atoms with Gasteiger partial charge in [-0.2, -0.15) is 13.2 Å². The van der Waals surface area contributed by atoms with E-state index in [1.165, 1.54) is 0 Å². The molecule has 1 aliphatic heterocycles. The Hall–Kier alpha value is -1.54. The summed E-state index contributed by atoms with van der Waals surface area (Å²) >= 11 is 11.5. The van der Waals surface area contributed by atoms with Crippen molar-refractivity contribution in [2.75, 3.05) is 0 Å². The predicted molar refractivity (Wildman–Crippen MR) is 77.9 cm³/mol. The number of urea groups is 1. The molecule has 1 aliphatic rings. The molecule has 0 unspecified atom stereocenters. The molecule has 2 rings (SSSR count). The maximum absolute atomic E-state index is 13.4. The summed E-state index contributed by atoms with van der Waals surface area (Å²) in [4.78, 5) is 11.8. The molecular formula is C13H13Cl2F3N2O3. The molecule has 1 aromatic rings. The second-order valence-corrected chi connectivity index (χ2v) is 5.75. The Bertz CT molecular complexity index is 594. The van der Waals surface area contributed by atoms with Crippen molar-refractivity contribution < 1.29 is 27.4 Å². The lowest BCUT2D eigenvalue weighted by molar-refractivity contribution is -0.317. The molecule has 23 heavy (non-hydrogen) atoms. The Balaban J connectivity index is 2.28. The molecule has 0 bridgehead atoms. The van der Waals surface area contributed by atoms with Gasteiger partial charge in [0.2, 0.25) is 0 Å². The highest BCUT2D eigenvalue weighted by Crippen LogP contribution is 2.47. The molecule has 2 amide bonds. The molecule has 0 saturated carbocycles. The minimum atomic E-state index is -5.04. The van der Waals surface area contributed by atoms with E-state index in [4.69, 9.17) is 32.7 Å². The predicted octanol–water partition coefficient (Wildman–Crippen LogP) is 4.08. The fraction of sp³-hybridized carbons (Fsp3) is 0.462. The van der Waals surface area contributed by atoms with Crippen LogP contribution in [0.25, 0.3) is 0 Å². The minimum Gasteiger partial charge on any atom is -0.424 e. The molecule has 0 aromatic heterocycles. The Morgan fingerprint density at radius 2 is 1.74 bits per heavy atom. The third kappa shape index (κ3) is 3.53. The summed E-state index contributed by atoms with van der Waals surface area (Å²) in [6, 6.07) is 0.761. The number of nitrogens with one attached hydrogen (secondary N) is 2. The van der Waals surface area contributed by atoms with Gasteiger partial charge in [0.05, 0.1) is 10.0 Å². The number of carbonyl (C=O) groups excluding carboxylic acids is 1. The molecule has 128 valence electrons. The quantitative estimate of drug-likeness (QED) is 0.840. The summed E-state index contributed by atoms with van der Waals surface area (Å²) < 4.78 is 49.8. The van der Waals surface area contributed by atoms with Gasteiger partial charge in [-0.15, -0.1) is 0 Å². The van der Waals surface area contributed by atoms with Crippen molar-refractivity contribution >= 4 is 29.2 Å². The van der Waals surface area contributed by atoms with Crippen LogP contribution in [0.2, 0.25) is 10.0 Å². The van der Waals surface area contributed by atoms with E-state index in [1.807, 2.05) is 0 Å². The second kappa shape index (κ2) is 6.16. The molecule has 0 aliphatic carbocycles. The van der Waals surface area contributed by atoms with Gasteiger partial charge in [-0.25, -0.2) is 4.79 Å². The topological polar surface area (TPSA) is 59.6 Å². The standard InChI is InChI=1S/C13H13Cl2F3N2O3/c1-3-6(2)19-11(21)20-13(12(16,17)18)22-9-4-7(14)8(15)5-10(9)23-13/h4-6H,3H2,1-2H3,(H2,19,20,21)/t6-/m1/s1. The average molecular weight is 373 g/mol. The van der Waals surface area contributed by atoms with Gasteiger partial charge in [0.1, 0.15) is 0 Å². The van der Waals surface area contributed by atoms with Crippen molar-refractivity contribution in [1.82, 2.24) is 10.6 Å². The Labute approximate surface area is 140 Å². The number of ether oxygens (including phenoxy) is 2. The smallest absolute Gasteiger partial charge is 0.424 e. The number of carbonyl (C=O) groups is 1. The van der Waals surface area contributed by atoms with Gasteiger partial charge < -0.3 is 14.8 Å². The zero-order valence-electron chi connectivity index (χ0n) is 12.1. The summed E-state index contributed by atoms with van der Waals surface area (Å²) in [6.07, 6.45) is -4.50. The van der Waals surface area contributed by atoms with Crippen LogP contribution in [0.3, 0.4) is 0 Å². The van der Waals surface area contributed by atoms with Crippen LogP contribution < -0.4 is 20.1 Å². The van der Waals surface area contributed by atoms with E-state index >= 15 is 0 Å². The van der Waals surface area contributed by atoms with Crippen molar-refractivity contribution in [3.8, 4) is 11.5 Å². The lowest BCUT2D eigenvalue weighted by atomic mass is 10.3. The molecule has 0 saturated heterocycles. The number of hydrogen-bond acceptors (Lipinski definition) is 3. The Morgan fingerprint density at radius 3 is 2.13 bits per heavy atom. The van der Waals surface area contributed by atoms with Crippen LogP contribution in [0, 0.1) is 0 Å². The van der Waals surface area contributed by atoms with Crippen LogP contribution in [0.4, 0.5) is 18.0 Å². The molecule has 1 aromatic carbocycles. The highest BCUT2D eigenvalue weighted by atomic mass is 35.5. The van der Waals surface area contributed by atoms with Crippen LogP contribution in [0.5, 0.6) is 11.5 Å². The zero-order valence-corrected chi connectivity index (χ0v) is 13.6. The van der Waals surface area contributed by atoms with Gasteiger partial charge in [-0.05, 0) is 13.3 Å². The Kier molecular flexibility index (Phi) is 4.77. The first kappa shape index (κ1) is 17.8. The van der Waals surface area contributed by atoms with E-state index in [0.29, 0.717) is 6.42 Å². The molecule has 2 N–H and O–H groups in total. The first-order valence-corrected chi connectivity index (χ1v) is 7.36. The third-order valence-electron chi connectivity index (χ3n) is 3.14. The van der Waals surface area contributed by atoms with Crippen molar-refractivity contribution in [2.45, 2.75) is 38.4 Å². The monoisotopic (exact) mass is 372 g/mol. The number of halogens is 5. The summed E-state index contributed by atoms with van der Waals surface area (Å²) in [5, 5.41) is 4.01. The van der Waals surface area contributed by atoms with Gasteiger partial charge in [-0.3, -0.25) is 5.32 Å². The van der Waals surface area contributed by atoms with Gasteiger partial charge in [0.15, 0.2) is 11.5 Å². The summed E-state index contributed by atoms with van der Waals surface area (Å²) in [5.41, 5.74) is 0. The molecular weight excluding hydrogens is 360 g/mol. The lowest BCUT2D eigenvalue weighted by Gasteiger charge is -2.30. The van der Waals surface area contributed by atoms with E-state index in [2.05, 4.69) is 5.32 Å². The largest absolute Gasteiger partial charge is 0.492 e. The number of alkyl halides is 3. The van der Waals surface area contributed by atoms with E-state index in [1.54, 1.807) is 19.2 Å². The molecule has 1 atom stereocenters. The zero-order chi connectivity index (χ0) is 17.4. The van der Waals surface area contributed by atoms with Gasteiger partial charge >= 0.3 is 18.1 Å². The van der Waals surface area contributed by atoms with Crippen molar-refractivity contribution in [3.05, 3.63) is 22.2 Å². The lowest BCUT2D eigenvalue weighted by Crippen LogP contribution is -2.66. The fourth-order valence-electron chi connectivity index (χ4n) is 1.75. The first-order chi connectivity index (χ1) is 10.6. The van der Waals surface area contributed by atoms with E-state index in [9.17, 15) is 18.0 Å². The average Bonchev–Trinajstić information content (AvgIpc) is 2.76. The van der Waals surface area contributed by atoms with Gasteiger partial charge in [-0.1, -0.05) is 30.1 Å². The van der Waals surface area contributed by atoms with E-state index in [-0.39, 0.29) is 27.6 Å². The van der Waals surface area contributed by atoms with Crippen molar-refractivity contribution in [1.29, 1.82) is 0 Å². The summed E-state index contributed by atoms with van der Waals surface area (Å²) in [6.45, 7) is 3.41. The maximum atomic E-state index is 13.4. The Morgan fingerprint density at radius 1 is 1.26 bits per heavy atom. The number of benzene rings is 1. The first-order valence-electron chi connectivity index (χ1n) is 6.60. The van der Waals surface area contributed by atoms with Crippen molar-refractivity contribution in [3.63, 3.8) is 0 Å². The summed E-state index contributed by atoms with van der Waals surface area (Å²) in [5.74, 6) is -3.90. The van der Waals surface area contributed by atoms with Gasteiger partial charge in [0, 0.05) is 18.2 Å². The molecule has 0 spiro atoms. The van der Waals surface area contributed by atoms with Crippen LogP contribution in [0.1, 0.15) is 20.3 Å². The highest BCUT2D eigenvalue weighted by Gasteiger charge is 2.65. The maximum Gasteiger partial charge on any atom is 0.492 e. The molecule has 5 nitrogen and oxygen atoms in total. The number of rotatable bonds is 3. The number of hydrogen-bond donors (Lipinski definition) is 2. The van der Waals surface area contributed by atoms with Gasteiger partial charge in [0.25, 0.3) is 0 Å². The van der Waals surface area contributed by atoms with Crippen LogP contribution >= 0.6 is 23.2 Å². The molecule has 0 radical (unpaired) electrons. The van der Waals surface area contributed by atoms with Crippen LogP contribution in [0.15, 0.2) is 12.1 Å². The van der Waals surface area contributed by atoms with Crippen LogP contribution in [-0.4, -0.2) is 24.2 Å². The SMILES string of the molecule is CC[C@@H](C)NC(=O)NC1(C(F)(F)F)Oc2cc(Cl)c(Cl)cc2O1. The second-order valence-electron chi connectivity index (χ2n) is 4.94. The molecule has 1 heterocycles. The highest BCUT2D eigenvalue weighted by molar-refractivity contribution is 6.42. The third-order valence-corrected chi connectivity index (χ3v) is 3.86. The van der Waals surface area contributed by atoms with Crippen LogP contribution in [-0.2, 0) is 0 Å². The number of amides is 2. The van der Waals surface area contributed by atoms with Crippen molar-refractivity contribution in [2.24, 2.45) is 0 Å². The summed E-state index contributed by atoms with van der Waals surface area (Å²) in [7, 11) is 0. The number of fused-ring (bicyclic) bond motifs is 1. The fourth-order valence-corrected chi connectivity index (χ4v) is 2.06. The minimum absolute atomic E-state index is 0.00366. The molecule has 10 heteroatoms. The van der Waals surface area contributed by atoms with E-state index < -0.39 is 18.1 Å². The van der Waals surface area contributed by atoms with E-state index in [0.717, 1.165) is 12.1 Å². The molecule has 0 fully saturated rings.